The molecule has 0 aliphatic heterocycles. The molecule has 0 aliphatic rings. The van der Waals surface area contributed by atoms with Gasteiger partial charge in [-0.25, -0.2) is 18.5 Å². The second-order valence-electron chi connectivity index (χ2n) is 5.82. The summed E-state index contributed by atoms with van der Waals surface area (Å²) in [5.74, 6) is 1.65. The molecular formula is C17H24N3O3S+. The third-order valence-electron chi connectivity index (χ3n) is 3.77. The molecule has 1 aromatic carbocycles. The molecule has 130 valence electrons. The number of benzene rings is 1. The summed E-state index contributed by atoms with van der Waals surface area (Å²) in [7, 11) is -3.67. The van der Waals surface area contributed by atoms with Crippen LogP contribution in [0.2, 0.25) is 0 Å². The minimum Gasteiger partial charge on any atom is -0.493 e. The lowest BCUT2D eigenvalue weighted by Crippen LogP contribution is -2.19. The molecule has 0 unspecified atom stereocenters. The summed E-state index contributed by atoms with van der Waals surface area (Å²) in [4.78, 5) is 2.92. The van der Waals surface area contributed by atoms with Crippen LogP contribution in [0.5, 0.6) is 5.75 Å². The van der Waals surface area contributed by atoms with Gasteiger partial charge in [-0.3, -0.25) is 5.32 Å². The Morgan fingerprint density at radius 1 is 1.21 bits per heavy atom. The fourth-order valence-electron chi connectivity index (χ4n) is 2.33. The quantitative estimate of drug-likeness (QED) is 0.746. The number of primary sulfonamides is 1. The molecule has 2 aromatic rings. The van der Waals surface area contributed by atoms with Gasteiger partial charge >= 0.3 is 0 Å². The van der Waals surface area contributed by atoms with E-state index in [1.54, 1.807) is 6.07 Å². The monoisotopic (exact) mass is 350 g/mol. The third-order valence-corrected chi connectivity index (χ3v) is 4.68. The Bertz CT molecular complexity index is 803. The van der Waals surface area contributed by atoms with E-state index < -0.39 is 10.0 Å². The summed E-state index contributed by atoms with van der Waals surface area (Å²) in [6.45, 7) is 7.51. The van der Waals surface area contributed by atoms with Crippen molar-refractivity contribution in [2.45, 2.75) is 32.1 Å². The number of H-pyrrole nitrogens is 1. The average Bonchev–Trinajstić information content (AvgIpc) is 2.51. The van der Waals surface area contributed by atoms with E-state index in [9.17, 15) is 8.42 Å². The van der Waals surface area contributed by atoms with Crippen LogP contribution in [0.1, 0.15) is 23.1 Å². The van der Waals surface area contributed by atoms with Crippen molar-refractivity contribution in [2.75, 3.05) is 18.5 Å². The Morgan fingerprint density at radius 2 is 1.96 bits per heavy atom. The number of nitrogens with one attached hydrogen (secondary N) is 2. The van der Waals surface area contributed by atoms with E-state index in [1.807, 2.05) is 0 Å². The molecule has 0 aliphatic carbocycles. The van der Waals surface area contributed by atoms with Crippen molar-refractivity contribution in [1.29, 1.82) is 0 Å². The van der Waals surface area contributed by atoms with Gasteiger partial charge in [-0.15, -0.1) is 0 Å². The van der Waals surface area contributed by atoms with Crippen molar-refractivity contribution in [3.8, 4) is 5.75 Å². The number of aromatic amines is 1. The van der Waals surface area contributed by atoms with Gasteiger partial charge in [0.2, 0.25) is 10.0 Å². The molecular weight excluding hydrogens is 326 g/mol. The molecule has 0 saturated carbocycles. The number of hydrogen-bond acceptors (Lipinski definition) is 4. The largest absolute Gasteiger partial charge is 0.493 e. The van der Waals surface area contributed by atoms with E-state index in [0.717, 1.165) is 18.0 Å². The van der Waals surface area contributed by atoms with Gasteiger partial charge in [-0.05, 0) is 49.6 Å². The van der Waals surface area contributed by atoms with E-state index >= 15 is 0 Å². The maximum Gasteiger partial charge on any atom is 0.272 e. The number of aryl methyl sites for hydroxylation is 2. The van der Waals surface area contributed by atoms with Crippen LogP contribution in [0, 0.1) is 20.8 Å². The van der Waals surface area contributed by atoms with Crippen molar-refractivity contribution in [2.24, 2.45) is 5.14 Å². The van der Waals surface area contributed by atoms with Gasteiger partial charge in [0.15, 0.2) is 0 Å². The average molecular weight is 350 g/mol. The molecule has 0 spiro atoms. The van der Waals surface area contributed by atoms with E-state index in [2.05, 4.69) is 43.2 Å². The van der Waals surface area contributed by atoms with Crippen LogP contribution in [-0.2, 0) is 10.0 Å². The Labute approximate surface area is 143 Å². The number of rotatable bonds is 7. The molecule has 0 amide bonds. The predicted molar refractivity (Wildman–Crippen MR) is 93.6 cm³/mol. The molecule has 1 heterocycles. The van der Waals surface area contributed by atoms with E-state index in [4.69, 9.17) is 9.88 Å². The van der Waals surface area contributed by atoms with Crippen molar-refractivity contribution in [3.05, 3.63) is 47.2 Å². The molecule has 6 nitrogen and oxygen atoms in total. The number of ether oxygens (including phenoxy) is 1. The Morgan fingerprint density at radius 3 is 2.58 bits per heavy atom. The van der Waals surface area contributed by atoms with Crippen molar-refractivity contribution >= 4 is 15.8 Å². The van der Waals surface area contributed by atoms with Crippen LogP contribution < -0.4 is 20.2 Å². The molecule has 0 radical (unpaired) electrons. The summed E-state index contributed by atoms with van der Waals surface area (Å²) in [5.41, 5.74) is 3.59. The number of hydrogen-bond donors (Lipinski definition) is 2. The zero-order valence-corrected chi connectivity index (χ0v) is 15.0. The second-order valence-corrected chi connectivity index (χ2v) is 7.38. The van der Waals surface area contributed by atoms with Crippen LogP contribution in [0.4, 0.5) is 5.82 Å². The zero-order chi connectivity index (χ0) is 17.7. The minimum absolute atomic E-state index is 0.0571. The van der Waals surface area contributed by atoms with Gasteiger partial charge in [0, 0.05) is 12.5 Å². The topological polar surface area (TPSA) is 95.6 Å². The highest BCUT2D eigenvalue weighted by molar-refractivity contribution is 7.89. The Balaban J connectivity index is 1.80. The summed E-state index contributed by atoms with van der Waals surface area (Å²) < 4.78 is 28.2. The number of pyridine rings is 1. The van der Waals surface area contributed by atoms with Crippen LogP contribution >= 0.6 is 0 Å². The molecule has 1 aromatic heterocycles. The van der Waals surface area contributed by atoms with Crippen LogP contribution in [0.15, 0.2) is 35.4 Å². The number of nitrogens with two attached hydrogens (primary N) is 1. The van der Waals surface area contributed by atoms with E-state index in [0.29, 0.717) is 13.2 Å². The third kappa shape index (κ3) is 4.94. The molecule has 0 atom stereocenters. The zero-order valence-electron chi connectivity index (χ0n) is 14.2. The molecule has 7 heteroatoms. The molecule has 0 saturated heterocycles. The summed E-state index contributed by atoms with van der Waals surface area (Å²) in [6, 6.07) is 7.30. The highest BCUT2D eigenvalue weighted by Gasteiger charge is 2.10. The predicted octanol–water partition coefficient (Wildman–Crippen LogP) is 1.95. The smallest absolute Gasteiger partial charge is 0.272 e. The van der Waals surface area contributed by atoms with E-state index in [1.165, 1.54) is 29.0 Å². The van der Waals surface area contributed by atoms with Gasteiger partial charge in [0.05, 0.1) is 13.2 Å². The summed E-state index contributed by atoms with van der Waals surface area (Å²) in [6.07, 6.45) is 2.18. The van der Waals surface area contributed by atoms with E-state index in [-0.39, 0.29) is 4.90 Å². The minimum atomic E-state index is -3.67. The SMILES string of the molecule is Cc1cc(C)c(C)c(OCCCNc2ccc(S(N)(=O)=O)c[nH+]2)c1. The number of sulfonamides is 1. The van der Waals surface area contributed by atoms with Gasteiger partial charge in [0.1, 0.15) is 16.8 Å². The lowest BCUT2D eigenvalue weighted by molar-refractivity contribution is -0.364. The normalized spacial score (nSPS) is 11.3. The van der Waals surface area contributed by atoms with Gasteiger partial charge in [-0.2, -0.15) is 0 Å². The molecule has 0 fully saturated rings. The first-order valence-corrected chi connectivity index (χ1v) is 9.31. The second kappa shape index (κ2) is 7.63. The van der Waals surface area contributed by atoms with Gasteiger partial charge < -0.3 is 4.74 Å². The van der Waals surface area contributed by atoms with Crippen molar-refractivity contribution < 1.29 is 18.1 Å². The summed E-state index contributed by atoms with van der Waals surface area (Å²) >= 11 is 0. The highest BCUT2D eigenvalue weighted by Crippen LogP contribution is 2.23. The van der Waals surface area contributed by atoms with Crippen LogP contribution in [0.3, 0.4) is 0 Å². The first kappa shape index (κ1) is 18.2. The van der Waals surface area contributed by atoms with Crippen LogP contribution in [-0.4, -0.2) is 21.6 Å². The maximum absolute atomic E-state index is 11.2. The maximum atomic E-state index is 11.2. The standard InChI is InChI=1S/C17H23N3O3S/c1-12-9-13(2)14(3)16(10-12)23-8-4-7-19-17-6-5-15(11-20-17)24(18,21)22/h5-6,9-11H,4,7-8H2,1-3H3,(H,19,20)(H2,18,21,22)/p+1. The number of aromatic nitrogens is 1. The van der Waals surface area contributed by atoms with Gasteiger partial charge in [-0.1, -0.05) is 6.07 Å². The molecule has 0 bridgehead atoms. The van der Waals surface area contributed by atoms with Crippen molar-refractivity contribution in [3.63, 3.8) is 0 Å². The van der Waals surface area contributed by atoms with Crippen LogP contribution in [0.25, 0.3) is 0 Å². The van der Waals surface area contributed by atoms with Crippen molar-refractivity contribution in [1.82, 2.24) is 0 Å². The number of anilines is 1. The fourth-order valence-corrected chi connectivity index (χ4v) is 2.81. The highest BCUT2D eigenvalue weighted by atomic mass is 32.2. The molecule has 24 heavy (non-hydrogen) atoms. The molecule has 2 rings (SSSR count). The summed E-state index contributed by atoms with van der Waals surface area (Å²) in [5, 5.41) is 8.23. The molecule has 4 N–H and O–H groups in total. The van der Waals surface area contributed by atoms with Gasteiger partial charge in [0.25, 0.3) is 5.82 Å². The first-order chi connectivity index (χ1) is 11.3. The lowest BCUT2D eigenvalue weighted by atomic mass is 10.1. The Hall–Kier alpha value is -2.12. The first-order valence-electron chi connectivity index (χ1n) is 7.76. The lowest BCUT2D eigenvalue weighted by Gasteiger charge is -2.12. The fraction of sp³-hybridized carbons (Fsp3) is 0.353. The Kier molecular flexibility index (Phi) is 5.80.